The van der Waals surface area contributed by atoms with Gasteiger partial charge in [0.25, 0.3) is 0 Å². The minimum Gasteiger partial charge on any atom is -0.389 e. The fourth-order valence-corrected chi connectivity index (χ4v) is 2.57. The maximum atomic E-state index is 9.29. The van der Waals surface area contributed by atoms with Crippen LogP contribution in [0, 0.1) is 11.8 Å². The molecule has 1 aliphatic rings. The summed E-state index contributed by atoms with van der Waals surface area (Å²) in [5.41, 5.74) is 0. The standard InChI is InChI=1S/C14H26Cl2O4/c15-5-13(17)9-19-7-11-1-2-12(4-3-11)8-20-10-14(18)6-16/h11-14,17-18H,1-10H2. The quantitative estimate of drug-likeness (QED) is 0.602. The maximum Gasteiger partial charge on any atom is 0.0908 e. The summed E-state index contributed by atoms with van der Waals surface area (Å²) in [6.45, 7) is 2.05. The fraction of sp³-hybridized carbons (Fsp3) is 1.00. The van der Waals surface area contributed by atoms with Crippen LogP contribution in [0.5, 0.6) is 0 Å². The van der Waals surface area contributed by atoms with Crippen LogP contribution in [0.4, 0.5) is 0 Å². The van der Waals surface area contributed by atoms with Gasteiger partial charge in [0.1, 0.15) is 0 Å². The Morgan fingerprint density at radius 3 is 1.45 bits per heavy atom. The molecule has 0 amide bonds. The summed E-state index contributed by atoms with van der Waals surface area (Å²) < 4.78 is 10.9. The van der Waals surface area contributed by atoms with Crippen molar-refractivity contribution in [1.29, 1.82) is 0 Å². The van der Waals surface area contributed by atoms with Crippen LogP contribution in [0.25, 0.3) is 0 Å². The largest absolute Gasteiger partial charge is 0.389 e. The van der Waals surface area contributed by atoms with Crippen molar-refractivity contribution in [3.05, 3.63) is 0 Å². The first-order valence-electron chi connectivity index (χ1n) is 7.29. The van der Waals surface area contributed by atoms with Gasteiger partial charge in [0.2, 0.25) is 0 Å². The van der Waals surface area contributed by atoms with Gasteiger partial charge in [0.05, 0.1) is 37.2 Å². The molecule has 1 rings (SSSR count). The zero-order chi connectivity index (χ0) is 14.8. The first-order chi connectivity index (χ1) is 9.65. The van der Waals surface area contributed by atoms with Gasteiger partial charge in [-0.25, -0.2) is 0 Å². The van der Waals surface area contributed by atoms with E-state index in [2.05, 4.69) is 0 Å². The van der Waals surface area contributed by atoms with Gasteiger partial charge in [0.15, 0.2) is 0 Å². The molecule has 0 aromatic heterocycles. The molecule has 1 fully saturated rings. The summed E-state index contributed by atoms with van der Waals surface area (Å²) in [6, 6.07) is 0. The second kappa shape index (κ2) is 11.0. The summed E-state index contributed by atoms with van der Waals surface area (Å²) >= 11 is 11.0. The average molecular weight is 329 g/mol. The lowest BCUT2D eigenvalue weighted by Crippen LogP contribution is -2.25. The Labute approximate surface area is 131 Å². The molecule has 120 valence electrons. The summed E-state index contributed by atoms with van der Waals surface area (Å²) in [5, 5.41) is 18.6. The molecule has 0 aliphatic heterocycles. The van der Waals surface area contributed by atoms with E-state index in [9.17, 15) is 10.2 Å². The van der Waals surface area contributed by atoms with Crippen molar-refractivity contribution in [2.75, 3.05) is 38.2 Å². The van der Waals surface area contributed by atoms with Crippen molar-refractivity contribution in [3.8, 4) is 0 Å². The van der Waals surface area contributed by atoms with Crippen LogP contribution in [0.15, 0.2) is 0 Å². The lowest BCUT2D eigenvalue weighted by atomic mass is 9.83. The number of hydrogen-bond acceptors (Lipinski definition) is 4. The Bertz CT molecular complexity index is 211. The van der Waals surface area contributed by atoms with E-state index in [1.807, 2.05) is 0 Å². The molecule has 0 bridgehead atoms. The molecule has 6 heteroatoms. The van der Waals surface area contributed by atoms with Crippen LogP contribution in [0.2, 0.25) is 0 Å². The summed E-state index contributed by atoms with van der Waals surface area (Å²) in [5.74, 6) is 1.58. The molecule has 0 spiro atoms. The first-order valence-corrected chi connectivity index (χ1v) is 8.36. The monoisotopic (exact) mass is 328 g/mol. The van der Waals surface area contributed by atoms with E-state index in [-0.39, 0.29) is 11.8 Å². The molecular formula is C14H26Cl2O4. The number of aliphatic hydroxyl groups is 2. The molecule has 0 heterocycles. The van der Waals surface area contributed by atoms with Crippen LogP contribution in [0.3, 0.4) is 0 Å². The minimum atomic E-state index is -0.560. The SMILES string of the molecule is OC(CCl)COCC1CCC(COCC(O)CCl)CC1. The third kappa shape index (κ3) is 8.01. The number of alkyl halides is 2. The highest BCUT2D eigenvalue weighted by Crippen LogP contribution is 2.29. The lowest BCUT2D eigenvalue weighted by Gasteiger charge is -2.28. The van der Waals surface area contributed by atoms with Crippen molar-refractivity contribution in [1.82, 2.24) is 0 Å². The van der Waals surface area contributed by atoms with Gasteiger partial charge in [-0.2, -0.15) is 0 Å². The summed E-state index contributed by atoms with van der Waals surface area (Å²) in [7, 11) is 0. The number of hydrogen-bond donors (Lipinski definition) is 2. The molecule has 0 aromatic rings. The van der Waals surface area contributed by atoms with Crippen molar-refractivity contribution in [2.45, 2.75) is 37.9 Å². The average Bonchev–Trinajstić information content (AvgIpc) is 2.48. The van der Waals surface area contributed by atoms with Gasteiger partial charge in [0, 0.05) is 13.2 Å². The van der Waals surface area contributed by atoms with Crippen molar-refractivity contribution >= 4 is 23.2 Å². The highest BCUT2D eigenvalue weighted by molar-refractivity contribution is 6.18. The molecule has 20 heavy (non-hydrogen) atoms. The Balaban J connectivity index is 2.02. The van der Waals surface area contributed by atoms with E-state index < -0.39 is 12.2 Å². The van der Waals surface area contributed by atoms with Crippen LogP contribution in [-0.2, 0) is 9.47 Å². The molecule has 2 unspecified atom stereocenters. The highest BCUT2D eigenvalue weighted by atomic mass is 35.5. The van der Waals surface area contributed by atoms with Crippen LogP contribution < -0.4 is 0 Å². The van der Waals surface area contributed by atoms with Gasteiger partial charge in [-0.1, -0.05) is 0 Å². The van der Waals surface area contributed by atoms with Gasteiger partial charge in [-0.3, -0.25) is 0 Å². The lowest BCUT2D eigenvalue weighted by molar-refractivity contribution is 0.00381. The van der Waals surface area contributed by atoms with Gasteiger partial charge < -0.3 is 19.7 Å². The fourth-order valence-electron chi connectivity index (χ4n) is 2.40. The molecule has 2 atom stereocenters. The maximum absolute atomic E-state index is 9.29. The highest BCUT2D eigenvalue weighted by Gasteiger charge is 2.21. The van der Waals surface area contributed by atoms with Crippen LogP contribution in [-0.4, -0.2) is 60.6 Å². The van der Waals surface area contributed by atoms with E-state index >= 15 is 0 Å². The van der Waals surface area contributed by atoms with Crippen molar-refractivity contribution < 1.29 is 19.7 Å². The van der Waals surface area contributed by atoms with E-state index in [4.69, 9.17) is 32.7 Å². The molecule has 1 aliphatic carbocycles. The van der Waals surface area contributed by atoms with E-state index in [1.54, 1.807) is 0 Å². The van der Waals surface area contributed by atoms with Gasteiger partial charge in [-0.15, -0.1) is 23.2 Å². The molecule has 0 radical (unpaired) electrons. The number of halogens is 2. The Morgan fingerprint density at radius 1 is 0.800 bits per heavy atom. The molecule has 2 N–H and O–H groups in total. The Morgan fingerprint density at radius 2 is 1.15 bits per heavy atom. The normalized spacial score (nSPS) is 26.4. The minimum absolute atomic E-state index is 0.220. The molecule has 0 saturated heterocycles. The number of ether oxygens (including phenoxy) is 2. The predicted molar refractivity (Wildman–Crippen MR) is 80.5 cm³/mol. The molecule has 4 nitrogen and oxygen atoms in total. The van der Waals surface area contributed by atoms with E-state index in [0.29, 0.717) is 38.3 Å². The third-order valence-corrected chi connectivity index (χ3v) is 4.36. The predicted octanol–water partition coefficient (Wildman–Crippen LogP) is 2.03. The second-order valence-electron chi connectivity index (χ2n) is 5.58. The second-order valence-corrected chi connectivity index (χ2v) is 6.20. The van der Waals surface area contributed by atoms with Crippen LogP contribution >= 0.6 is 23.2 Å². The van der Waals surface area contributed by atoms with E-state index in [0.717, 1.165) is 25.7 Å². The number of aliphatic hydroxyl groups excluding tert-OH is 2. The van der Waals surface area contributed by atoms with Gasteiger partial charge >= 0.3 is 0 Å². The van der Waals surface area contributed by atoms with Gasteiger partial charge in [-0.05, 0) is 37.5 Å². The van der Waals surface area contributed by atoms with Crippen molar-refractivity contribution in [3.63, 3.8) is 0 Å². The van der Waals surface area contributed by atoms with Crippen molar-refractivity contribution in [2.24, 2.45) is 11.8 Å². The summed E-state index contributed by atoms with van der Waals surface area (Å²) in [6.07, 6.45) is 3.39. The Kier molecular flexibility index (Phi) is 10.2. The van der Waals surface area contributed by atoms with Crippen LogP contribution in [0.1, 0.15) is 25.7 Å². The smallest absolute Gasteiger partial charge is 0.0908 e. The zero-order valence-electron chi connectivity index (χ0n) is 11.8. The first kappa shape index (κ1) is 18.5. The van der Waals surface area contributed by atoms with E-state index in [1.165, 1.54) is 0 Å². The topological polar surface area (TPSA) is 58.9 Å². The number of rotatable bonds is 10. The molecular weight excluding hydrogens is 303 g/mol. The third-order valence-electron chi connectivity index (χ3n) is 3.65. The zero-order valence-corrected chi connectivity index (χ0v) is 13.4. The molecule has 0 aromatic carbocycles. The molecule has 1 saturated carbocycles. The summed E-state index contributed by atoms with van der Waals surface area (Å²) in [4.78, 5) is 0. The Hall–Kier alpha value is 0.420.